The smallest absolute Gasteiger partial charge is 0.317 e. The lowest BCUT2D eigenvalue weighted by Crippen LogP contribution is -2.53. The van der Waals surface area contributed by atoms with Crippen molar-refractivity contribution in [1.82, 2.24) is 25.5 Å². The maximum absolute atomic E-state index is 12.3. The summed E-state index contributed by atoms with van der Waals surface area (Å²) in [5, 5.41) is 5.94. The SMILES string of the molecule is CN(C)c1cnc(C(=O)NC2CCN(C(=O)NC(C)(C)C)CC2)cn1. The van der Waals surface area contributed by atoms with Crippen LogP contribution in [-0.4, -0.2) is 65.6 Å². The first-order chi connectivity index (χ1) is 11.7. The molecule has 0 aliphatic carbocycles. The Balaban J connectivity index is 1.83. The van der Waals surface area contributed by atoms with E-state index in [9.17, 15) is 9.59 Å². The summed E-state index contributed by atoms with van der Waals surface area (Å²) in [6, 6.07) is -0.0103. The van der Waals surface area contributed by atoms with Crippen molar-refractivity contribution in [1.29, 1.82) is 0 Å². The van der Waals surface area contributed by atoms with E-state index in [1.165, 1.54) is 6.20 Å². The van der Waals surface area contributed by atoms with Crippen LogP contribution in [0.3, 0.4) is 0 Å². The molecule has 0 radical (unpaired) electrons. The fraction of sp³-hybridized carbons (Fsp3) is 0.647. The lowest BCUT2D eigenvalue weighted by atomic mass is 10.0. The van der Waals surface area contributed by atoms with Crippen LogP contribution in [0.25, 0.3) is 0 Å². The number of carbonyl (C=O) groups excluding carboxylic acids is 2. The van der Waals surface area contributed by atoms with Gasteiger partial charge in [0.1, 0.15) is 11.5 Å². The first-order valence-corrected chi connectivity index (χ1v) is 8.53. The average molecular weight is 348 g/mol. The Morgan fingerprint density at radius 2 is 1.80 bits per heavy atom. The molecular formula is C17H28N6O2. The van der Waals surface area contributed by atoms with Gasteiger partial charge in [-0.25, -0.2) is 14.8 Å². The number of hydrogen-bond acceptors (Lipinski definition) is 5. The van der Waals surface area contributed by atoms with E-state index < -0.39 is 0 Å². The number of piperidine rings is 1. The Morgan fingerprint density at radius 1 is 1.16 bits per heavy atom. The molecule has 8 heteroatoms. The van der Waals surface area contributed by atoms with Gasteiger partial charge >= 0.3 is 6.03 Å². The number of nitrogens with zero attached hydrogens (tertiary/aromatic N) is 4. The number of aromatic nitrogens is 2. The highest BCUT2D eigenvalue weighted by Gasteiger charge is 2.26. The summed E-state index contributed by atoms with van der Waals surface area (Å²) in [4.78, 5) is 36.4. The van der Waals surface area contributed by atoms with E-state index in [0.29, 0.717) is 24.6 Å². The number of amides is 3. The monoisotopic (exact) mass is 348 g/mol. The molecule has 0 saturated carbocycles. The highest BCUT2D eigenvalue weighted by Crippen LogP contribution is 2.13. The third-order valence-electron chi connectivity index (χ3n) is 3.93. The van der Waals surface area contributed by atoms with Gasteiger partial charge in [0.2, 0.25) is 0 Å². The van der Waals surface area contributed by atoms with Gasteiger partial charge in [0, 0.05) is 38.8 Å². The fourth-order valence-corrected chi connectivity index (χ4v) is 2.56. The summed E-state index contributed by atoms with van der Waals surface area (Å²) in [7, 11) is 3.74. The van der Waals surface area contributed by atoms with Crippen LogP contribution in [0.15, 0.2) is 12.4 Å². The predicted octanol–water partition coefficient (Wildman–Crippen LogP) is 1.24. The highest BCUT2D eigenvalue weighted by molar-refractivity contribution is 5.92. The van der Waals surface area contributed by atoms with Crippen molar-refractivity contribution in [3.8, 4) is 0 Å². The van der Waals surface area contributed by atoms with Gasteiger partial charge in [-0.05, 0) is 33.6 Å². The molecule has 1 aliphatic heterocycles. The Hall–Kier alpha value is -2.38. The van der Waals surface area contributed by atoms with Gasteiger partial charge < -0.3 is 20.4 Å². The van der Waals surface area contributed by atoms with Gasteiger partial charge in [0.25, 0.3) is 5.91 Å². The van der Waals surface area contributed by atoms with Crippen molar-refractivity contribution in [3.63, 3.8) is 0 Å². The average Bonchev–Trinajstić information content (AvgIpc) is 2.54. The topological polar surface area (TPSA) is 90.5 Å². The van der Waals surface area contributed by atoms with E-state index >= 15 is 0 Å². The van der Waals surface area contributed by atoms with Crippen molar-refractivity contribution in [2.75, 3.05) is 32.1 Å². The van der Waals surface area contributed by atoms with Gasteiger partial charge in [-0.1, -0.05) is 0 Å². The second-order valence-electron chi connectivity index (χ2n) is 7.57. The summed E-state index contributed by atoms with van der Waals surface area (Å²) >= 11 is 0. The molecule has 0 bridgehead atoms. The zero-order valence-corrected chi connectivity index (χ0v) is 15.7. The molecular weight excluding hydrogens is 320 g/mol. The van der Waals surface area contributed by atoms with Crippen LogP contribution in [0, 0.1) is 0 Å². The molecule has 8 nitrogen and oxygen atoms in total. The number of likely N-dealkylation sites (tertiary alicyclic amines) is 1. The molecule has 0 aromatic carbocycles. The molecule has 0 unspecified atom stereocenters. The lowest BCUT2D eigenvalue weighted by molar-refractivity contribution is 0.0912. The molecule has 1 aliphatic rings. The zero-order valence-electron chi connectivity index (χ0n) is 15.7. The zero-order chi connectivity index (χ0) is 18.6. The molecule has 25 heavy (non-hydrogen) atoms. The Morgan fingerprint density at radius 3 is 2.28 bits per heavy atom. The third kappa shape index (κ3) is 5.58. The van der Waals surface area contributed by atoms with Crippen LogP contribution in [0.4, 0.5) is 10.6 Å². The minimum Gasteiger partial charge on any atom is -0.361 e. The Labute approximate surface area is 149 Å². The van der Waals surface area contributed by atoms with Gasteiger partial charge in [-0.2, -0.15) is 0 Å². The Bertz CT molecular complexity index is 601. The van der Waals surface area contributed by atoms with E-state index in [2.05, 4.69) is 20.6 Å². The standard InChI is InChI=1S/C17H28N6O2/c1-17(2,3)21-16(25)23-8-6-12(7-9-23)20-15(24)13-10-19-14(11-18-13)22(4)5/h10-12H,6-9H2,1-5H3,(H,20,24)(H,21,25). The van der Waals surface area contributed by atoms with Crippen molar-refractivity contribution in [2.24, 2.45) is 0 Å². The van der Waals surface area contributed by atoms with Crippen LogP contribution >= 0.6 is 0 Å². The fourth-order valence-electron chi connectivity index (χ4n) is 2.56. The van der Waals surface area contributed by atoms with Gasteiger partial charge in [-0.15, -0.1) is 0 Å². The maximum atomic E-state index is 12.3. The quantitative estimate of drug-likeness (QED) is 0.858. The first-order valence-electron chi connectivity index (χ1n) is 8.53. The van der Waals surface area contributed by atoms with E-state index in [4.69, 9.17) is 0 Å². The second-order valence-corrected chi connectivity index (χ2v) is 7.57. The minimum atomic E-state index is -0.250. The highest BCUT2D eigenvalue weighted by atomic mass is 16.2. The van der Waals surface area contributed by atoms with Crippen LogP contribution in [0.5, 0.6) is 0 Å². The molecule has 3 amide bonds. The van der Waals surface area contributed by atoms with Crippen molar-refractivity contribution in [2.45, 2.75) is 45.2 Å². The normalized spacial score (nSPS) is 15.6. The lowest BCUT2D eigenvalue weighted by Gasteiger charge is -2.34. The molecule has 1 aromatic rings. The van der Waals surface area contributed by atoms with Crippen LogP contribution < -0.4 is 15.5 Å². The number of rotatable bonds is 3. The van der Waals surface area contributed by atoms with Gasteiger partial charge in [0.15, 0.2) is 0 Å². The van der Waals surface area contributed by atoms with Gasteiger partial charge in [0.05, 0.1) is 12.4 Å². The van der Waals surface area contributed by atoms with Crippen molar-refractivity contribution >= 4 is 17.8 Å². The predicted molar refractivity (Wildman–Crippen MR) is 96.7 cm³/mol. The maximum Gasteiger partial charge on any atom is 0.317 e. The van der Waals surface area contributed by atoms with Crippen molar-refractivity contribution < 1.29 is 9.59 Å². The summed E-state index contributed by atoms with van der Waals surface area (Å²) in [5.41, 5.74) is 0.0537. The Kier molecular flexibility index (Phi) is 5.81. The van der Waals surface area contributed by atoms with Crippen LogP contribution in [0.1, 0.15) is 44.1 Å². The largest absolute Gasteiger partial charge is 0.361 e. The number of anilines is 1. The number of urea groups is 1. The number of hydrogen-bond donors (Lipinski definition) is 2. The molecule has 1 aromatic heterocycles. The first kappa shape index (κ1) is 19.0. The summed E-state index contributed by atoms with van der Waals surface area (Å²) in [5.74, 6) is 0.477. The summed E-state index contributed by atoms with van der Waals surface area (Å²) in [6.45, 7) is 7.12. The van der Waals surface area contributed by atoms with Crippen molar-refractivity contribution in [3.05, 3.63) is 18.1 Å². The van der Waals surface area contributed by atoms with E-state index in [1.54, 1.807) is 11.1 Å². The van der Waals surface area contributed by atoms with E-state index in [-0.39, 0.29) is 23.5 Å². The second kappa shape index (κ2) is 7.67. The molecule has 2 heterocycles. The van der Waals surface area contributed by atoms with E-state index in [1.807, 2.05) is 39.8 Å². The van der Waals surface area contributed by atoms with Crippen LogP contribution in [0.2, 0.25) is 0 Å². The minimum absolute atomic E-state index is 0.0431. The molecule has 138 valence electrons. The molecule has 2 rings (SSSR count). The number of nitrogens with one attached hydrogen (secondary N) is 2. The molecule has 0 spiro atoms. The molecule has 2 N–H and O–H groups in total. The summed E-state index contributed by atoms with van der Waals surface area (Å²) in [6.07, 6.45) is 4.52. The molecule has 0 atom stereocenters. The number of carbonyl (C=O) groups is 2. The summed E-state index contributed by atoms with van der Waals surface area (Å²) < 4.78 is 0. The molecule has 1 fully saturated rings. The molecule has 1 saturated heterocycles. The van der Waals surface area contributed by atoms with Crippen LogP contribution in [-0.2, 0) is 0 Å². The van der Waals surface area contributed by atoms with E-state index in [0.717, 1.165) is 12.8 Å². The third-order valence-corrected chi connectivity index (χ3v) is 3.93. The van der Waals surface area contributed by atoms with Gasteiger partial charge in [-0.3, -0.25) is 4.79 Å².